The van der Waals surface area contributed by atoms with Gasteiger partial charge in [-0.05, 0) is 37.1 Å². The fourth-order valence-electron chi connectivity index (χ4n) is 2.86. The number of rotatable bonds is 6. The van der Waals surface area contributed by atoms with Gasteiger partial charge >= 0.3 is 5.97 Å². The topological polar surface area (TPSA) is 80.8 Å². The molecule has 2 heterocycles. The number of halogens is 1. The highest BCUT2D eigenvalue weighted by Crippen LogP contribution is 2.25. The average molecular weight is 428 g/mol. The van der Waals surface area contributed by atoms with E-state index in [2.05, 4.69) is 0 Å². The van der Waals surface area contributed by atoms with E-state index in [1.807, 2.05) is 0 Å². The molecule has 1 aromatic heterocycles. The van der Waals surface area contributed by atoms with Crippen LogP contribution < -0.4 is 0 Å². The number of carbonyl (C=O) groups is 2. The molecule has 3 rings (SSSR count). The summed E-state index contributed by atoms with van der Waals surface area (Å²) in [6.07, 6.45) is 0.730. The van der Waals surface area contributed by atoms with Gasteiger partial charge in [-0.15, -0.1) is 11.3 Å². The number of piperidine rings is 1. The Kier molecular flexibility index (Phi) is 6.31. The summed E-state index contributed by atoms with van der Waals surface area (Å²) >= 11 is 6.92. The van der Waals surface area contributed by atoms with Gasteiger partial charge in [-0.3, -0.25) is 9.59 Å². The van der Waals surface area contributed by atoms with Crippen molar-refractivity contribution in [2.24, 2.45) is 5.92 Å². The molecule has 0 unspecified atom stereocenters. The largest absolute Gasteiger partial charge is 0.457 e. The first-order valence-electron chi connectivity index (χ1n) is 8.38. The van der Waals surface area contributed by atoms with E-state index in [4.69, 9.17) is 16.3 Å². The number of carbonyl (C=O) groups excluding carboxylic acids is 2. The second kappa shape index (κ2) is 8.52. The molecular weight excluding hydrogens is 410 g/mol. The molecule has 1 saturated heterocycles. The summed E-state index contributed by atoms with van der Waals surface area (Å²) in [4.78, 5) is 24.9. The van der Waals surface area contributed by atoms with Crippen LogP contribution in [0.15, 0.2) is 47.4 Å². The number of ether oxygens (including phenoxy) is 1. The third kappa shape index (κ3) is 4.76. The van der Waals surface area contributed by atoms with Crippen LogP contribution in [0.3, 0.4) is 0 Å². The number of hydrogen-bond donors (Lipinski definition) is 0. The fourth-order valence-corrected chi connectivity index (χ4v) is 5.32. The van der Waals surface area contributed by atoms with E-state index < -0.39 is 21.9 Å². The molecule has 9 heteroatoms. The second-order valence-electron chi connectivity index (χ2n) is 6.13. The Balaban J connectivity index is 1.51. The Hall–Kier alpha value is -1.74. The van der Waals surface area contributed by atoms with Gasteiger partial charge in [-0.25, -0.2) is 8.42 Å². The fraction of sp³-hybridized carbons (Fsp3) is 0.333. The number of Topliss-reactive ketones (excluding diaryl/α,β-unsaturated/α-hetero) is 1. The van der Waals surface area contributed by atoms with E-state index in [0.29, 0.717) is 22.1 Å². The predicted molar refractivity (Wildman–Crippen MR) is 103 cm³/mol. The van der Waals surface area contributed by atoms with Gasteiger partial charge in [0.05, 0.1) is 20.0 Å². The Morgan fingerprint density at radius 3 is 2.37 bits per heavy atom. The third-order valence-corrected chi connectivity index (χ3v) is 7.55. The molecular formula is C18H18ClNO5S2. The normalized spacial score (nSPS) is 16.2. The van der Waals surface area contributed by atoms with Crippen LogP contribution in [0.4, 0.5) is 0 Å². The molecule has 1 fully saturated rings. The number of nitrogens with zero attached hydrogens (tertiary/aromatic N) is 1. The highest BCUT2D eigenvalue weighted by Gasteiger charge is 2.33. The molecule has 144 valence electrons. The summed E-state index contributed by atoms with van der Waals surface area (Å²) < 4.78 is 32.2. The molecule has 0 saturated carbocycles. The quantitative estimate of drug-likeness (QED) is 0.522. The highest BCUT2D eigenvalue weighted by atomic mass is 35.5. The maximum absolute atomic E-state index is 12.6. The minimum Gasteiger partial charge on any atom is -0.457 e. The third-order valence-electron chi connectivity index (χ3n) is 4.36. The van der Waals surface area contributed by atoms with Crippen molar-refractivity contribution in [3.8, 4) is 0 Å². The van der Waals surface area contributed by atoms with Crippen molar-refractivity contribution in [1.82, 2.24) is 4.31 Å². The molecule has 1 aliphatic rings. The molecule has 0 radical (unpaired) electrons. The van der Waals surface area contributed by atoms with Crippen LogP contribution >= 0.6 is 22.9 Å². The molecule has 1 aliphatic heterocycles. The Morgan fingerprint density at radius 2 is 1.78 bits per heavy atom. The Bertz CT molecular complexity index is 918. The minimum absolute atomic E-state index is 0.242. The average Bonchev–Trinajstić information content (AvgIpc) is 3.13. The van der Waals surface area contributed by atoms with Crippen LogP contribution in [0.5, 0.6) is 0 Å². The van der Waals surface area contributed by atoms with Crippen LogP contribution in [0.25, 0.3) is 0 Å². The van der Waals surface area contributed by atoms with Gasteiger partial charge in [0, 0.05) is 13.1 Å². The molecule has 0 atom stereocenters. The van der Waals surface area contributed by atoms with Gasteiger partial charge in [0.1, 0.15) is 0 Å². The zero-order chi connectivity index (χ0) is 19.4. The lowest BCUT2D eigenvalue weighted by atomic mass is 9.98. The smallest absolute Gasteiger partial charge is 0.309 e. The molecule has 0 aliphatic carbocycles. The number of ketones is 1. The van der Waals surface area contributed by atoms with Gasteiger partial charge < -0.3 is 4.74 Å². The van der Waals surface area contributed by atoms with Gasteiger partial charge in [0.2, 0.25) is 15.8 Å². The van der Waals surface area contributed by atoms with Crippen molar-refractivity contribution in [3.05, 3.63) is 51.7 Å². The molecule has 1 aromatic carbocycles. The van der Waals surface area contributed by atoms with Gasteiger partial charge in [0.15, 0.2) is 6.61 Å². The molecule has 0 spiro atoms. The Labute approximate surface area is 166 Å². The lowest BCUT2D eigenvalue weighted by Crippen LogP contribution is -2.40. The van der Waals surface area contributed by atoms with Crippen LogP contribution in [-0.2, 0) is 19.6 Å². The first kappa shape index (κ1) is 20.0. The summed E-state index contributed by atoms with van der Waals surface area (Å²) in [6.45, 7) is 0.148. The molecule has 27 heavy (non-hydrogen) atoms. The summed E-state index contributed by atoms with van der Waals surface area (Å²) in [5.74, 6) is -1.18. The standard InChI is InChI=1S/C18H18ClNO5S2/c19-17-7-6-16(26-17)15(21)12-25-18(22)13-8-10-20(11-9-13)27(23,24)14-4-2-1-3-5-14/h1-7,13H,8-12H2. The summed E-state index contributed by atoms with van der Waals surface area (Å²) in [7, 11) is -3.55. The van der Waals surface area contributed by atoms with Crippen molar-refractivity contribution in [3.63, 3.8) is 0 Å². The highest BCUT2D eigenvalue weighted by molar-refractivity contribution is 7.89. The van der Waals surface area contributed by atoms with Crippen molar-refractivity contribution < 1.29 is 22.7 Å². The zero-order valence-corrected chi connectivity index (χ0v) is 16.7. The maximum Gasteiger partial charge on any atom is 0.309 e. The maximum atomic E-state index is 12.6. The monoisotopic (exact) mass is 427 g/mol. The predicted octanol–water partition coefficient (Wildman–Crippen LogP) is 3.23. The number of benzene rings is 1. The lowest BCUT2D eigenvalue weighted by molar-refractivity contribution is -0.148. The van der Waals surface area contributed by atoms with Gasteiger partial charge in [-0.1, -0.05) is 29.8 Å². The van der Waals surface area contributed by atoms with Crippen LogP contribution in [0.1, 0.15) is 22.5 Å². The number of sulfonamides is 1. The van der Waals surface area contributed by atoms with Crippen LogP contribution in [0, 0.1) is 5.92 Å². The number of hydrogen-bond acceptors (Lipinski definition) is 6. The second-order valence-corrected chi connectivity index (χ2v) is 9.78. The summed E-state index contributed by atoms with van der Waals surface area (Å²) in [5, 5.41) is 0. The molecule has 0 N–H and O–H groups in total. The number of thiophene rings is 1. The molecule has 0 bridgehead atoms. The van der Waals surface area contributed by atoms with E-state index in [9.17, 15) is 18.0 Å². The first-order chi connectivity index (χ1) is 12.9. The molecule has 6 nitrogen and oxygen atoms in total. The van der Waals surface area contributed by atoms with E-state index in [-0.39, 0.29) is 30.4 Å². The first-order valence-corrected chi connectivity index (χ1v) is 11.0. The van der Waals surface area contributed by atoms with Crippen molar-refractivity contribution >= 4 is 44.7 Å². The van der Waals surface area contributed by atoms with E-state index in [0.717, 1.165) is 11.3 Å². The van der Waals surface area contributed by atoms with Crippen LogP contribution in [-0.4, -0.2) is 44.2 Å². The van der Waals surface area contributed by atoms with Crippen LogP contribution in [0.2, 0.25) is 4.34 Å². The van der Waals surface area contributed by atoms with E-state index >= 15 is 0 Å². The van der Waals surface area contributed by atoms with E-state index in [1.165, 1.54) is 4.31 Å². The zero-order valence-electron chi connectivity index (χ0n) is 14.3. The summed E-state index contributed by atoms with van der Waals surface area (Å²) in [6, 6.07) is 11.4. The van der Waals surface area contributed by atoms with E-state index in [1.54, 1.807) is 42.5 Å². The Morgan fingerprint density at radius 1 is 1.11 bits per heavy atom. The lowest BCUT2D eigenvalue weighted by Gasteiger charge is -2.30. The van der Waals surface area contributed by atoms with Crippen molar-refractivity contribution in [2.75, 3.05) is 19.7 Å². The van der Waals surface area contributed by atoms with Gasteiger partial charge in [0.25, 0.3) is 0 Å². The van der Waals surface area contributed by atoms with Gasteiger partial charge in [-0.2, -0.15) is 4.31 Å². The van der Waals surface area contributed by atoms with Crippen molar-refractivity contribution in [1.29, 1.82) is 0 Å². The molecule has 2 aromatic rings. The SMILES string of the molecule is O=C(COC(=O)C1CCN(S(=O)(=O)c2ccccc2)CC1)c1ccc(Cl)s1. The molecule has 0 amide bonds. The summed E-state index contributed by atoms with van der Waals surface area (Å²) in [5.41, 5.74) is 0. The number of esters is 1. The van der Waals surface area contributed by atoms with Crippen molar-refractivity contribution in [2.45, 2.75) is 17.7 Å². The minimum atomic E-state index is -3.55.